The molecule has 4 aliphatic rings. The summed E-state index contributed by atoms with van der Waals surface area (Å²) in [7, 11) is 0. The van der Waals surface area contributed by atoms with Crippen molar-refractivity contribution in [3.63, 3.8) is 0 Å². The highest BCUT2D eigenvalue weighted by atomic mass is 79.9. The third kappa shape index (κ3) is 8.69. The molecule has 0 spiro atoms. The maximum absolute atomic E-state index is 14.2. The molecule has 4 saturated heterocycles. The molecule has 0 atom stereocenters. The molecule has 0 N–H and O–H groups in total. The average Bonchev–Trinajstić information content (AvgIpc) is 2.85. The zero-order valence-electron chi connectivity index (χ0n) is 22.7. The zero-order chi connectivity index (χ0) is 27.9. The van der Waals surface area contributed by atoms with Crippen LogP contribution >= 0.6 is 47.8 Å². The molecule has 4 aliphatic heterocycles. The van der Waals surface area contributed by atoms with E-state index in [9.17, 15) is 8.78 Å². The van der Waals surface area contributed by atoms with Crippen molar-refractivity contribution in [3.05, 3.63) is 60.4 Å². The Bertz CT molecular complexity index is 1060. The Hall–Kier alpha value is -0.620. The van der Waals surface area contributed by atoms with E-state index in [2.05, 4.69) is 62.5 Å². The molecule has 0 aliphatic carbocycles. The molecule has 0 unspecified atom stereocenters. The van der Waals surface area contributed by atoms with Crippen molar-refractivity contribution in [1.82, 2.24) is 9.80 Å². The van der Waals surface area contributed by atoms with Gasteiger partial charge in [-0.1, -0.05) is 6.42 Å². The Labute approximate surface area is 256 Å². The molecule has 10 heteroatoms. The standard InChI is InChI=1S/C14H18BrFN2O.C8H15NO.C7H5Br2F/c1-10-6-12(15)14(16)13(7-10)18-4-2-17(3-5-18)11-8-19-9-11;1-2-4-9(5-3-1)8-6-10-7-8;1-4-2-5(8)7(10)6(9)3-4/h6-7,11H,2-5,8-9H2,1H3;8H,1-7H2;2-3H,1H3. The lowest BCUT2D eigenvalue weighted by molar-refractivity contribution is -0.0698. The Morgan fingerprint density at radius 1 is 0.615 bits per heavy atom. The van der Waals surface area contributed by atoms with Crippen LogP contribution in [-0.2, 0) is 9.47 Å². The number of anilines is 1. The quantitative estimate of drug-likeness (QED) is 0.319. The largest absolute Gasteiger partial charge is 0.378 e. The summed E-state index contributed by atoms with van der Waals surface area (Å²) in [6.07, 6.45) is 4.23. The van der Waals surface area contributed by atoms with Crippen LogP contribution in [0.15, 0.2) is 37.7 Å². The molecule has 6 rings (SSSR count). The molecular weight excluding hydrogens is 700 g/mol. The van der Waals surface area contributed by atoms with Crippen LogP contribution < -0.4 is 4.90 Å². The molecule has 216 valence electrons. The Morgan fingerprint density at radius 2 is 1.05 bits per heavy atom. The first-order valence-electron chi connectivity index (χ1n) is 13.7. The van der Waals surface area contributed by atoms with E-state index in [1.54, 1.807) is 12.1 Å². The summed E-state index contributed by atoms with van der Waals surface area (Å²) in [4.78, 5) is 7.17. The lowest BCUT2D eigenvalue weighted by Gasteiger charge is -2.43. The highest BCUT2D eigenvalue weighted by molar-refractivity contribution is 9.11. The van der Waals surface area contributed by atoms with E-state index in [1.807, 2.05) is 26.0 Å². The number of rotatable bonds is 3. The molecule has 2 aromatic carbocycles. The van der Waals surface area contributed by atoms with Crippen LogP contribution in [0.3, 0.4) is 0 Å². The van der Waals surface area contributed by atoms with E-state index < -0.39 is 0 Å². The number of likely N-dealkylation sites (tertiary alicyclic amines) is 1. The average molecular weight is 738 g/mol. The van der Waals surface area contributed by atoms with Crippen molar-refractivity contribution in [2.24, 2.45) is 0 Å². The van der Waals surface area contributed by atoms with Gasteiger partial charge in [0.15, 0.2) is 11.6 Å². The SMILES string of the molecule is C1CCN(C2COC2)CC1.Cc1cc(Br)c(F)c(Br)c1.Cc1cc(Br)c(F)c(N2CCN(C3COC3)CC2)c1. The van der Waals surface area contributed by atoms with Gasteiger partial charge in [-0.25, -0.2) is 8.78 Å². The lowest BCUT2D eigenvalue weighted by Crippen LogP contribution is -2.56. The van der Waals surface area contributed by atoms with Crippen molar-refractivity contribution < 1.29 is 18.3 Å². The molecule has 0 bridgehead atoms. The third-order valence-corrected chi connectivity index (χ3v) is 9.33. The Balaban J connectivity index is 0.000000149. The van der Waals surface area contributed by atoms with E-state index >= 15 is 0 Å². The summed E-state index contributed by atoms with van der Waals surface area (Å²) in [6.45, 7) is 13.9. The summed E-state index contributed by atoms with van der Waals surface area (Å²) >= 11 is 9.47. The van der Waals surface area contributed by atoms with E-state index in [-0.39, 0.29) is 11.6 Å². The van der Waals surface area contributed by atoms with Gasteiger partial charge in [-0.05, 0) is 123 Å². The number of nitrogens with zero attached hydrogens (tertiary/aromatic N) is 3. The van der Waals surface area contributed by atoms with E-state index in [1.165, 1.54) is 32.4 Å². The van der Waals surface area contributed by atoms with Crippen molar-refractivity contribution in [2.75, 3.05) is 70.6 Å². The van der Waals surface area contributed by atoms with Gasteiger partial charge in [-0.15, -0.1) is 0 Å². The van der Waals surface area contributed by atoms with Crippen LogP contribution in [-0.4, -0.2) is 87.6 Å². The van der Waals surface area contributed by atoms with E-state index in [4.69, 9.17) is 9.47 Å². The zero-order valence-corrected chi connectivity index (χ0v) is 27.5. The molecule has 39 heavy (non-hydrogen) atoms. The lowest BCUT2D eigenvalue weighted by atomic mass is 10.1. The smallest absolute Gasteiger partial charge is 0.160 e. The van der Waals surface area contributed by atoms with Gasteiger partial charge < -0.3 is 14.4 Å². The molecular formula is C29H38Br3F2N3O2. The molecule has 0 saturated carbocycles. The summed E-state index contributed by atoms with van der Waals surface area (Å²) in [5.74, 6) is -0.392. The van der Waals surface area contributed by atoms with E-state index in [0.29, 0.717) is 19.5 Å². The highest BCUT2D eigenvalue weighted by Crippen LogP contribution is 2.29. The number of hydrogen-bond acceptors (Lipinski definition) is 5. The number of hydrogen-bond donors (Lipinski definition) is 0. The van der Waals surface area contributed by atoms with Crippen molar-refractivity contribution in [3.8, 4) is 0 Å². The van der Waals surface area contributed by atoms with Crippen LogP contribution in [0.25, 0.3) is 0 Å². The summed E-state index contributed by atoms with van der Waals surface area (Å²) in [6, 6.07) is 8.58. The molecule has 4 fully saturated rings. The van der Waals surface area contributed by atoms with Crippen LogP contribution in [0.4, 0.5) is 14.5 Å². The van der Waals surface area contributed by atoms with Gasteiger partial charge in [0.2, 0.25) is 0 Å². The van der Waals surface area contributed by atoms with Gasteiger partial charge >= 0.3 is 0 Å². The number of benzene rings is 2. The van der Waals surface area contributed by atoms with Crippen LogP contribution in [0.1, 0.15) is 30.4 Å². The Morgan fingerprint density at radius 3 is 1.51 bits per heavy atom. The summed E-state index contributed by atoms with van der Waals surface area (Å²) in [5, 5.41) is 0. The summed E-state index contributed by atoms with van der Waals surface area (Å²) in [5.41, 5.74) is 2.83. The third-order valence-electron chi connectivity index (χ3n) is 7.60. The molecule has 5 nitrogen and oxygen atoms in total. The topological polar surface area (TPSA) is 28.2 Å². The predicted octanol–water partition coefficient (Wildman–Crippen LogP) is 6.95. The maximum atomic E-state index is 14.2. The number of ether oxygens (including phenoxy) is 2. The molecule has 4 heterocycles. The predicted molar refractivity (Wildman–Crippen MR) is 164 cm³/mol. The number of piperazine rings is 1. The van der Waals surface area contributed by atoms with Crippen molar-refractivity contribution in [1.29, 1.82) is 0 Å². The fourth-order valence-electron chi connectivity index (χ4n) is 5.10. The highest BCUT2D eigenvalue weighted by Gasteiger charge is 2.30. The van der Waals surface area contributed by atoms with Gasteiger partial charge in [0, 0.05) is 26.2 Å². The van der Waals surface area contributed by atoms with Crippen molar-refractivity contribution >= 4 is 53.5 Å². The van der Waals surface area contributed by atoms with Crippen LogP contribution in [0, 0.1) is 25.5 Å². The number of aryl methyl sites for hydroxylation is 2. The first kappa shape index (κ1) is 31.3. The molecule has 2 aromatic rings. The Kier molecular flexibility index (Phi) is 12.1. The number of halogens is 5. The maximum Gasteiger partial charge on any atom is 0.160 e. The minimum Gasteiger partial charge on any atom is -0.378 e. The second-order valence-electron chi connectivity index (χ2n) is 10.6. The van der Waals surface area contributed by atoms with Crippen molar-refractivity contribution in [2.45, 2.75) is 45.2 Å². The van der Waals surface area contributed by atoms with Gasteiger partial charge in [0.25, 0.3) is 0 Å². The fourth-order valence-corrected chi connectivity index (χ4v) is 7.08. The van der Waals surface area contributed by atoms with Gasteiger partial charge in [-0.2, -0.15) is 0 Å². The normalized spacial score (nSPS) is 20.7. The van der Waals surface area contributed by atoms with Gasteiger partial charge in [-0.3, -0.25) is 9.80 Å². The number of piperidine rings is 1. The molecule has 0 radical (unpaired) electrons. The van der Waals surface area contributed by atoms with Crippen LogP contribution in [0.5, 0.6) is 0 Å². The van der Waals surface area contributed by atoms with Crippen LogP contribution in [0.2, 0.25) is 0 Å². The first-order chi connectivity index (χ1) is 18.7. The second-order valence-corrected chi connectivity index (χ2v) is 13.2. The van der Waals surface area contributed by atoms with E-state index in [0.717, 1.165) is 75.5 Å². The minimum absolute atomic E-state index is 0.147. The van der Waals surface area contributed by atoms with Gasteiger partial charge in [0.05, 0.1) is 57.6 Å². The molecule has 0 aromatic heterocycles. The first-order valence-corrected chi connectivity index (χ1v) is 16.1. The summed E-state index contributed by atoms with van der Waals surface area (Å²) < 4.78 is 38.9. The second kappa shape index (κ2) is 15.0. The molecule has 0 amide bonds. The monoisotopic (exact) mass is 735 g/mol. The minimum atomic E-state index is -0.245. The fraction of sp³-hybridized carbons (Fsp3) is 0.586. The van der Waals surface area contributed by atoms with Gasteiger partial charge in [0.1, 0.15) is 0 Å².